The molecule has 1 aromatic rings. The van der Waals surface area contributed by atoms with Gasteiger partial charge in [0, 0.05) is 25.7 Å². The second-order valence-corrected chi connectivity index (χ2v) is 4.12. The molecule has 1 unspecified atom stereocenters. The summed E-state index contributed by atoms with van der Waals surface area (Å²) in [7, 11) is 0. The summed E-state index contributed by atoms with van der Waals surface area (Å²) in [6.45, 7) is 3.20. The molecule has 1 aliphatic heterocycles. The minimum atomic E-state index is 0. The number of benzene rings is 1. The van der Waals surface area contributed by atoms with Gasteiger partial charge in [0.05, 0.1) is 0 Å². The number of nitrogens with zero attached hydrogens (tertiary/aromatic N) is 1. The van der Waals surface area contributed by atoms with Crippen LogP contribution in [0, 0.1) is 0 Å². The average Bonchev–Trinajstić information content (AvgIpc) is 2.66. The summed E-state index contributed by atoms with van der Waals surface area (Å²) in [5.74, 6) is 0. The van der Waals surface area contributed by atoms with Crippen LogP contribution in [0.2, 0.25) is 0 Å². The van der Waals surface area contributed by atoms with Crippen molar-refractivity contribution in [2.24, 2.45) is 5.73 Å². The zero-order valence-electron chi connectivity index (χ0n) is 9.79. The summed E-state index contributed by atoms with van der Waals surface area (Å²) in [5.41, 5.74) is 7.11. The van der Waals surface area contributed by atoms with Crippen LogP contribution in [0.4, 0.5) is 0 Å². The third kappa shape index (κ3) is 5.55. The highest BCUT2D eigenvalue weighted by atomic mass is 35.5. The van der Waals surface area contributed by atoms with Crippen molar-refractivity contribution in [2.45, 2.75) is 12.5 Å². The lowest BCUT2D eigenvalue weighted by Crippen LogP contribution is -2.26. The highest BCUT2D eigenvalue weighted by Crippen LogP contribution is 2.07. The molecule has 0 saturated carbocycles. The molecule has 1 saturated heterocycles. The van der Waals surface area contributed by atoms with E-state index in [1.54, 1.807) is 0 Å². The van der Waals surface area contributed by atoms with Crippen molar-refractivity contribution in [3.63, 3.8) is 0 Å². The molecule has 2 N–H and O–H groups in total. The molecule has 96 valence electrons. The lowest BCUT2D eigenvalue weighted by molar-refractivity contribution is 0.372. The Morgan fingerprint density at radius 1 is 1.24 bits per heavy atom. The topological polar surface area (TPSA) is 29.3 Å². The molecule has 2 nitrogen and oxygen atoms in total. The smallest absolute Gasteiger partial charge is 0.0180 e. The molecule has 0 aliphatic carbocycles. The van der Waals surface area contributed by atoms with Crippen LogP contribution in [0.25, 0.3) is 6.08 Å². The third-order valence-corrected chi connectivity index (χ3v) is 2.78. The summed E-state index contributed by atoms with van der Waals surface area (Å²) in [6, 6.07) is 10.8. The van der Waals surface area contributed by atoms with Crippen LogP contribution >= 0.6 is 24.8 Å². The van der Waals surface area contributed by atoms with Crippen molar-refractivity contribution in [2.75, 3.05) is 19.6 Å². The van der Waals surface area contributed by atoms with Crippen LogP contribution in [0.3, 0.4) is 0 Å². The fourth-order valence-corrected chi connectivity index (χ4v) is 1.93. The lowest BCUT2D eigenvalue weighted by atomic mass is 10.2. The minimum Gasteiger partial charge on any atom is -0.326 e. The SMILES string of the molecule is Cl.Cl.NC1CCN(CC=Cc2ccccc2)C1. The summed E-state index contributed by atoms with van der Waals surface area (Å²) < 4.78 is 0. The van der Waals surface area contributed by atoms with E-state index in [2.05, 4.69) is 41.3 Å². The average molecular weight is 275 g/mol. The van der Waals surface area contributed by atoms with Gasteiger partial charge in [-0.1, -0.05) is 42.5 Å². The van der Waals surface area contributed by atoms with E-state index >= 15 is 0 Å². The van der Waals surface area contributed by atoms with Gasteiger partial charge in [0.15, 0.2) is 0 Å². The molecule has 1 aliphatic rings. The van der Waals surface area contributed by atoms with Crippen LogP contribution in [-0.4, -0.2) is 30.6 Å². The van der Waals surface area contributed by atoms with Gasteiger partial charge in [-0.25, -0.2) is 0 Å². The third-order valence-electron chi connectivity index (χ3n) is 2.78. The molecule has 0 amide bonds. The second kappa shape index (κ2) is 8.54. The maximum atomic E-state index is 5.84. The number of nitrogens with two attached hydrogens (primary N) is 1. The first kappa shape index (κ1) is 16.5. The van der Waals surface area contributed by atoms with E-state index in [9.17, 15) is 0 Å². The predicted octanol–water partition coefficient (Wildman–Crippen LogP) is 2.58. The number of hydrogen-bond acceptors (Lipinski definition) is 2. The molecule has 0 spiro atoms. The van der Waals surface area contributed by atoms with E-state index in [1.165, 1.54) is 5.56 Å². The quantitative estimate of drug-likeness (QED) is 0.918. The molecule has 2 rings (SSSR count). The number of halogens is 2. The van der Waals surface area contributed by atoms with Crippen LogP contribution < -0.4 is 5.73 Å². The number of likely N-dealkylation sites (tertiary alicyclic amines) is 1. The van der Waals surface area contributed by atoms with Gasteiger partial charge in [0.2, 0.25) is 0 Å². The van der Waals surface area contributed by atoms with Gasteiger partial charge in [-0.2, -0.15) is 0 Å². The van der Waals surface area contributed by atoms with Crippen LogP contribution in [-0.2, 0) is 0 Å². The first-order chi connectivity index (χ1) is 7.34. The molecular weight excluding hydrogens is 255 g/mol. The largest absolute Gasteiger partial charge is 0.326 e. The van der Waals surface area contributed by atoms with Crippen LogP contribution in [0.1, 0.15) is 12.0 Å². The van der Waals surface area contributed by atoms with E-state index in [4.69, 9.17) is 5.73 Å². The summed E-state index contributed by atoms with van der Waals surface area (Å²) in [6.07, 6.45) is 5.52. The predicted molar refractivity (Wildman–Crippen MR) is 79.0 cm³/mol. The normalized spacial score (nSPS) is 19.9. The first-order valence-electron chi connectivity index (χ1n) is 5.54. The highest BCUT2D eigenvalue weighted by molar-refractivity contribution is 5.85. The maximum absolute atomic E-state index is 5.84. The van der Waals surface area contributed by atoms with Gasteiger partial charge >= 0.3 is 0 Å². The van der Waals surface area contributed by atoms with Crippen molar-refractivity contribution in [1.29, 1.82) is 0 Å². The van der Waals surface area contributed by atoms with Crippen molar-refractivity contribution < 1.29 is 0 Å². The first-order valence-corrected chi connectivity index (χ1v) is 5.54. The minimum absolute atomic E-state index is 0. The molecule has 17 heavy (non-hydrogen) atoms. The molecule has 0 radical (unpaired) electrons. The van der Waals surface area contributed by atoms with Crippen molar-refractivity contribution in [3.8, 4) is 0 Å². The second-order valence-electron chi connectivity index (χ2n) is 4.12. The van der Waals surface area contributed by atoms with Gasteiger partial charge in [-0.05, 0) is 12.0 Å². The lowest BCUT2D eigenvalue weighted by Gasteiger charge is -2.11. The Hall–Kier alpha value is -0.540. The van der Waals surface area contributed by atoms with E-state index in [0.29, 0.717) is 6.04 Å². The Bertz CT molecular complexity index is 327. The number of hydrogen-bond donors (Lipinski definition) is 1. The molecule has 1 fully saturated rings. The molecular formula is C13H20Cl2N2. The molecule has 0 aromatic heterocycles. The Balaban J connectivity index is 0.00000128. The van der Waals surface area contributed by atoms with Crippen molar-refractivity contribution in [3.05, 3.63) is 42.0 Å². The van der Waals surface area contributed by atoms with Crippen molar-refractivity contribution in [1.82, 2.24) is 4.90 Å². The molecule has 0 bridgehead atoms. The fraction of sp³-hybridized carbons (Fsp3) is 0.385. The standard InChI is InChI=1S/C13H18N2.2ClH/c14-13-8-10-15(11-13)9-4-7-12-5-2-1-3-6-12;;/h1-7,13H,8-11,14H2;2*1H. The highest BCUT2D eigenvalue weighted by Gasteiger charge is 2.16. The molecule has 1 aromatic carbocycles. The Kier molecular flexibility index (Phi) is 8.26. The zero-order valence-corrected chi connectivity index (χ0v) is 11.4. The molecule has 1 atom stereocenters. The monoisotopic (exact) mass is 274 g/mol. The summed E-state index contributed by atoms with van der Waals surface area (Å²) >= 11 is 0. The van der Waals surface area contributed by atoms with E-state index in [0.717, 1.165) is 26.1 Å². The molecule has 1 heterocycles. The number of rotatable bonds is 3. The van der Waals surface area contributed by atoms with Gasteiger partial charge in [0.25, 0.3) is 0 Å². The van der Waals surface area contributed by atoms with Crippen LogP contribution in [0.15, 0.2) is 36.4 Å². The van der Waals surface area contributed by atoms with Gasteiger partial charge in [0.1, 0.15) is 0 Å². The van der Waals surface area contributed by atoms with Gasteiger partial charge < -0.3 is 5.73 Å². The Labute approximate surface area is 116 Å². The van der Waals surface area contributed by atoms with E-state index < -0.39 is 0 Å². The van der Waals surface area contributed by atoms with E-state index in [1.807, 2.05) is 6.07 Å². The Morgan fingerprint density at radius 3 is 2.53 bits per heavy atom. The van der Waals surface area contributed by atoms with Crippen LogP contribution in [0.5, 0.6) is 0 Å². The van der Waals surface area contributed by atoms with Gasteiger partial charge in [-0.15, -0.1) is 24.8 Å². The summed E-state index contributed by atoms with van der Waals surface area (Å²) in [5, 5.41) is 0. The maximum Gasteiger partial charge on any atom is 0.0180 e. The molecule has 4 heteroatoms. The van der Waals surface area contributed by atoms with Crippen molar-refractivity contribution >= 4 is 30.9 Å². The Morgan fingerprint density at radius 2 is 1.94 bits per heavy atom. The summed E-state index contributed by atoms with van der Waals surface area (Å²) in [4.78, 5) is 2.39. The van der Waals surface area contributed by atoms with E-state index in [-0.39, 0.29) is 24.8 Å². The fourth-order valence-electron chi connectivity index (χ4n) is 1.93. The van der Waals surface area contributed by atoms with Gasteiger partial charge in [-0.3, -0.25) is 4.90 Å². The zero-order chi connectivity index (χ0) is 10.5.